The number of esters is 1. The van der Waals surface area contributed by atoms with Gasteiger partial charge in [-0.1, -0.05) is 12.1 Å². The normalized spacial score (nSPS) is 16.3. The Hall–Kier alpha value is -2.82. The highest BCUT2D eigenvalue weighted by atomic mass is 16.5. The van der Waals surface area contributed by atoms with E-state index >= 15 is 0 Å². The number of carbonyl (C=O) groups excluding carboxylic acids is 2. The lowest BCUT2D eigenvalue weighted by Crippen LogP contribution is -2.37. The minimum Gasteiger partial charge on any atom is -0.488 e. The van der Waals surface area contributed by atoms with Crippen LogP contribution in [0.2, 0.25) is 0 Å². The predicted octanol–water partition coefficient (Wildman–Crippen LogP) is 2.94. The second-order valence-corrected chi connectivity index (χ2v) is 5.35. The summed E-state index contributed by atoms with van der Waals surface area (Å²) in [6, 6.07) is 12.2. The van der Waals surface area contributed by atoms with E-state index in [1.807, 2.05) is 25.1 Å². The Bertz CT molecular complexity index is 766. The topological polar surface area (TPSA) is 61.8 Å². The van der Waals surface area contributed by atoms with Crippen LogP contribution in [0.3, 0.4) is 0 Å². The van der Waals surface area contributed by atoms with Gasteiger partial charge in [0.1, 0.15) is 23.9 Å². The zero-order chi connectivity index (χ0) is 16.4. The highest BCUT2D eigenvalue weighted by molar-refractivity contribution is 6.03. The average Bonchev–Trinajstić information content (AvgIpc) is 2.50. The molecule has 1 aliphatic rings. The maximum absolute atomic E-state index is 12.5. The summed E-state index contributed by atoms with van der Waals surface area (Å²) in [5.41, 5.74) is 1.47. The summed E-state index contributed by atoms with van der Waals surface area (Å²) in [6.07, 6.45) is -0.691. The highest BCUT2D eigenvalue weighted by Gasteiger charge is 2.31. The first-order valence-corrected chi connectivity index (χ1v) is 7.26. The van der Waals surface area contributed by atoms with E-state index in [-0.39, 0.29) is 12.4 Å². The summed E-state index contributed by atoms with van der Waals surface area (Å²) in [6.45, 7) is 3.39. The lowest BCUT2D eigenvalue weighted by molar-refractivity contribution is -0.131. The molecule has 0 fully saturated rings. The van der Waals surface area contributed by atoms with E-state index in [2.05, 4.69) is 0 Å². The molecule has 1 heterocycles. The average molecular weight is 312 g/mol. The Kier molecular flexibility index (Phi) is 4.02. The Morgan fingerprint density at radius 1 is 1.17 bits per heavy atom. The third kappa shape index (κ3) is 3.34. The van der Waals surface area contributed by atoms with Gasteiger partial charge in [-0.25, -0.2) is 0 Å². The van der Waals surface area contributed by atoms with Crippen molar-refractivity contribution < 1.29 is 23.8 Å². The molecule has 2 aromatic rings. The number of fused-ring (bicyclic) bond motifs is 1. The molecule has 0 N–H and O–H groups in total. The minimum absolute atomic E-state index is 0.114. The number of hydrogen-bond donors (Lipinski definition) is 0. The van der Waals surface area contributed by atoms with E-state index in [4.69, 9.17) is 14.2 Å². The number of carbonyl (C=O) groups is 2. The van der Waals surface area contributed by atoms with Crippen LogP contribution in [-0.4, -0.2) is 24.5 Å². The van der Waals surface area contributed by atoms with Gasteiger partial charge >= 0.3 is 5.97 Å². The minimum atomic E-state index is -0.691. The van der Waals surface area contributed by atoms with Crippen LogP contribution < -0.4 is 14.2 Å². The van der Waals surface area contributed by atoms with Crippen molar-refractivity contribution in [3.05, 3.63) is 53.6 Å². The van der Waals surface area contributed by atoms with Crippen LogP contribution in [-0.2, 0) is 4.79 Å². The molecule has 2 aromatic carbocycles. The van der Waals surface area contributed by atoms with Crippen molar-refractivity contribution in [1.82, 2.24) is 0 Å². The van der Waals surface area contributed by atoms with Crippen molar-refractivity contribution in [2.45, 2.75) is 20.0 Å². The standard InChI is InChI=1S/C18H16O5/c1-11-4-3-5-13(8-11)23-17-10-21-16-9-14(22-12(2)19)6-7-15(16)18(17)20/h3-9,17H,10H2,1-2H3. The third-order valence-electron chi connectivity index (χ3n) is 3.43. The van der Waals surface area contributed by atoms with Crippen LogP contribution in [0.4, 0.5) is 0 Å². The van der Waals surface area contributed by atoms with Crippen molar-refractivity contribution >= 4 is 11.8 Å². The number of Topliss-reactive ketones (excluding diaryl/α,β-unsaturated/α-hetero) is 1. The molecule has 118 valence electrons. The quantitative estimate of drug-likeness (QED) is 0.644. The molecular weight excluding hydrogens is 296 g/mol. The highest BCUT2D eigenvalue weighted by Crippen LogP contribution is 2.30. The largest absolute Gasteiger partial charge is 0.488 e. The van der Waals surface area contributed by atoms with Gasteiger partial charge in [-0.05, 0) is 36.8 Å². The van der Waals surface area contributed by atoms with Crippen LogP contribution >= 0.6 is 0 Å². The number of hydrogen-bond acceptors (Lipinski definition) is 5. The van der Waals surface area contributed by atoms with Crippen molar-refractivity contribution in [1.29, 1.82) is 0 Å². The molecule has 5 nitrogen and oxygen atoms in total. The van der Waals surface area contributed by atoms with Gasteiger partial charge in [-0.15, -0.1) is 0 Å². The fraction of sp³-hybridized carbons (Fsp3) is 0.222. The molecule has 0 aromatic heterocycles. The molecule has 1 aliphatic heterocycles. The number of ketones is 1. The molecule has 0 aliphatic carbocycles. The molecule has 1 unspecified atom stereocenters. The monoisotopic (exact) mass is 312 g/mol. The van der Waals surface area contributed by atoms with Crippen LogP contribution in [0.5, 0.6) is 17.2 Å². The number of ether oxygens (including phenoxy) is 3. The van der Waals surface area contributed by atoms with Gasteiger partial charge in [0.25, 0.3) is 0 Å². The Morgan fingerprint density at radius 3 is 2.74 bits per heavy atom. The van der Waals surface area contributed by atoms with Crippen molar-refractivity contribution in [2.24, 2.45) is 0 Å². The van der Waals surface area contributed by atoms with Gasteiger partial charge in [-0.2, -0.15) is 0 Å². The fourth-order valence-electron chi connectivity index (χ4n) is 2.41. The van der Waals surface area contributed by atoms with E-state index in [0.717, 1.165) is 5.56 Å². The smallest absolute Gasteiger partial charge is 0.308 e. The van der Waals surface area contributed by atoms with Gasteiger partial charge in [0, 0.05) is 13.0 Å². The summed E-state index contributed by atoms with van der Waals surface area (Å²) in [7, 11) is 0. The second kappa shape index (κ2) is 6.12. The van der Waals surface area contributed by atoms with Gasteiger partial charge in [0.05, 0.1) is 5.56 Å². The zero-order valence-electron chi connectivity index (χ0n) is 12.9. The SMILES string of the molecule is CC(=O)Oc1ccc2c(c1)OCC(Oc1cccc(C)c1)C2=O. The molecule has 0 saturated heterocycles. The van der Waals surface area contributed by atoms with Gasteiger partial charge < -0.3 is 14.2 Å². The first-order valence-electron chi connectivity index (χ1n) is 7.26. The van der Waals surface area contributed by atoms with Crippen molar-refractivity contribution in [3.8, 4) is 17.2 Å². The van der Waals surface area contributed by atoms with E-state index < -0.39 is 12.1 Å². The summed E-state index contributed by atoms with van der Waals surface area (Å²) in [5.74, 6) is 0.807. The molecule has 0 spiro atoms. The lowest BCUT2D eigenvalue weighted by Gasteiger charge is -2.25. The molecular formula is C18H16O5. The van der Waals surface area contributed by atoms with E-state index in [9.17, 15) is 9.59 Å². The van der Waals surface area contributed by atoms with Gasteiger partial charge in [0.2, 0.25) is 5.78 Å². The van der Waals surface area contributed by atoms with Gasteiger partial charge in [-0.3, -0.25) is 9.59 Å². The van der Waals surface area contributed by atoms with E-state index in [1.54, 1.807) is 18.2 Å². The Labute approximate surface area is 133 Å². The molecule has 0 bridgehead atoms. The molecule has 23 heavy (non-hydrogen) atoms. The summed E-state index contributed by atoms with van der Waals surface area (Å²) < 4.78 is 16.3. The summed E-state index contributed by atoms with van der Waals surface area (Å²) in [4.78, 5) is 23.5. The van der Waals surface area contributed by atoms with Crippen molar-refractivity contribution in [2.75, 3.05) is 6.61 Å². The van der Waals surface area contributed by atoms with E-state index in [1.165, 1.54) is 13.0 Å². The molecule has 5 heteroatoms. The first kappa shape index (κ1) is 15.1. The van der Waals surface area contributed by atoms with E-state index in [0.29, 0.717) is 22.8 Å². The second-order valence-electron chi connectivity index (χ2n) is 5.35. The Morgan fingerprint density at radius 2 is 2.00 bits per heavy atom. The molecule has 0 radical (unpaired) electrons. The zero-order valence-corrected chi connectivity index (χ0v) is 12.9. The number of rotatable bonds is 3. The molecule has 3 rings (SSSR count). The molecule has 0 saturated carbocycles. The lowest BCUT2D eigenvalue weighted by atomic mass is 10.0. The third-order valence-corrected chi connectivity index (χ3v) is 3.43. The predicted molar refractivity (Wildman–Crippen MR) is 83.2 cm³/mol. The Balaban J connectivity index is 1.79. The fourth-order valence-corrected chi connectivity index (χ4v) is 2.41. The van der Waals surface area contributed by atoms with Crippen molar-refractivity contribution in [3.63, 3.8) is 0 Å². The van der Waals surface area contributed by atoms with Crippen LogP contribution in [0.25, 0.3) is 0 Å². The maximum Gasteiger partial charge on any atom is 0.308 e. The van der Waals surface area contributed by atoms with Crippen LogP contribution in [0.1, 0.15) is 22.8 Å². The van der Waals surface area contributed by atoms with Crippen LogP contribution in [0.15, 0.2) is 42.5 Å². The molecule has 1 atom stereocenters. The van der Waals surface area contributed by atoms with Crippen LogP contribution in [0, 0.1) is 6.92 Å². The first-order chi connectivity index (χ1) is 11.0. The maximum atomic E-state index is 12.5. The number of benzene rings is 2. The summed E-state index contributed by atoms with van der Waals surface area (Å²) >= 11 is 0. The number of aryl methyl sites for hydroxylation is 1. The van der Waals surface area contributed by atoms with Gasteiger partial charge in [0.15, 0.2) is 6.10 Å². The molecule has 0 amide bonds. The summed E-state index contributed by atoms with van der Waals surface area (Å²) in [5, 5.41) is 0.